The monoisotopic (exact) mass is 298 g/mol. The van der Waals surface area contributed by atoms with Gasteiger partial charge in [-0.3, -0.25) is 0 Å². The predicted molar refractivity (Wildman–Crippen MR) is 73.1 cm³/mol. The van der Waals surface area contributed by atoms with E-state index in [2.05, 4.69) is 0 Å². The lowest BCUT2D eigenvalue weighted by atomic mass is 10.0. The van der Waals surface area contributed by atoms with E-state index >= 15 is 0 Å². The first-order chi connectivity index (χ1) is 8.91. The molecule has 0 saturated carbocycles. The molecule has 0 saturated heterocycles. The lowest BCUT2D eigenvalue weighted by Crippen LogP contribution is -1.91. The number of ether oxygens (including phenoxy) is 1. The number of phenolic OH excluding ortho intramolecular Hbond substituents is 1. The van der Waals surface area contributed by atoms with Gasteiger partial charge in [-0.05, 0) is 29.8 Å². The second-order valence-electron chi connectivity index (χ2n) is 3.85. The van der Waals surface area contributed by atoms with E-state index in [9.17, 15) is 13.5 Å². The Morgan fingerprint density at radius 3 is 2.21 bits per heavy atom. The van der Waals surface area contributed by atoms with Crippen LogP contribution in [0.1, 0.15) is 0 Å². The summed E-state index contributed by atoms with van der Waals surface area (Å²) in [5, 5.41) is 9.88. The van der Waals surface area contributed by atoms with Gasteiger partial charge in [-0.2, -0.15) is 0 Å². The van der Waals surface area contributed by atoms with Crippen LogP contribution in [-0.2, 0) is 9.05 Å². The van der Waals surface area contributed by atoms with Crippen molar-refractivity contribution in [2.45, 2.75) is 4.90 Å². The van der Waals surface area contributed by atoms with Crippen LogP contribution in [0, 0.1) is 0 Å². The Kier molecular flexibility index (Phi) is 3.68. The Bertz CT molecular complexity index is 693. The van der Waals surface area contributed by atoms with Crippen molar-refractivity contribution in [1.82, 2.24) is 0 Å². The number of hydrogen-bond donors (Lipinski definition) is 1. The summed E-state index contributed by atoms with van der Waals surface area (Å²) < 4.78 is 27.3. The van der Waals surface area contributed by atoms with Gasteiger partial charge in [0.25, 0.3) is 9.05 Å². The molecule has 4 nitrogen and oxygen atoms in total. The minimum absolute atomic E-state index is 0.135. The maximum atomic E-state index is 11.2. The van der Waals surface area contributed by atoms with E-state index in [0.29, 0.717) is 11.3 Å². The number of aromatic hydroxyl groups is 1. The van der Waals surface area contributed by atoms with E-state index in [4.69, 9.17) is 15.4 Å². The number of rotatable bonds is 3. The second-order valence-corrected chi connectivity index (χ2v) is 6.41. The average molecular weight is 299 g/mol. The lowest BCUT2D eigenvalue weighted by Gasteiger charge is -2.07. The van der Waals surface area contributed by atoms with Crippen LogP contribution in [0.15, 0.2) is 47.4 Å². The van der Waals surface area contributed by atoms with Gasteiger partial charge < -0.3 is 9.84 Å². The summed E-state index contributed by atoms with van der Waals surface area (Å²) in [6.45, 7) is 0. The van der Waals surface area contributed by atoms with Crippen LogP contribution in [0.2, 0.25) is 0 Å². The van der Waals surface area contributed by atoms with E-state index in [1.165, 1.54) is 12.1 Å². The summed E-state index contributed by atoms with van der Waals surface area (Å²) >= 11 is 0. The maximum Gasteiger partial charge on any atom is 0.261 e. The smallest absolute Gasteiger partial charge is 0.261 e. The molecule has 0 aliphatic heterocycles. The molecule has 0 radical (unpaired) electrons. The van der Waals surface area contributed by atoms with Crippen LogP contribution in [0.25, 0.3) is 11.1 Å². The average Bonchev–Trinajstić information content (AvgIpc) is 2.38. The van der Waals surface area contributed by atoms with Crippen LogP contribution < -0.4 is 4.74 Å². The Hall–Kier alpha value is -1.72. The van der Waals surface area contributed by atoms with Gasteiger partial charge in [-0.1, -0.05) is 12.1 Å². The summed E-state index contributed by atoms with van der Waals surface area (Å²) in [6.07, 6.45) is 0. The summed E-state index contributed by atoms with van der Waals surface area (Å²) in [7, 11) is 2.93. The fraction of sp³-hybridized carbons (Fsp3) is 0.0769. The summed E-state index contributed by atoms with van der Waals surface area (Å²) in [6, 6.07) is 11.0. The van der Waals surface area contributed by atoms with Gasteiger partial charge >= 0.3 is 0 Å². The predicted octanol–water partition coefficient (Wildman–Crippen LogP) is 3.00. The van der Waals surface area contributed by atoms with E-state index in [1.54, 1.807) is 31.4 Å². The molecule has 0 spiro atoms. The van der Waals surface area contributed by atoms with Crippen molar-refractivity contribution in [2.75, 3.05) is 7.11 Å². The summed E-state index contributed by atoms with van der Waals surface area (Å²) in [5.41, 5.74) is 1.27. The van der Waals surface area contributed by atoms with Gasteiger partial charge in [0.1, 0.15) is 11.5 Å². The lowest BCUT2D eigenvalue weighted by molar-refractivity contribution is 0.415. The molecular weight excluding hydrogens is 288 g/mol. The SMILES string of the molecule is COc1ccc(-c2ccc(S(=O)(=O)Cl)cc2O)cc1. The van der Waals surface area contributed by atoms with Gasteiger partial charge in [0, 0.05) is 22.3 Å². The van der Waals surface area contributed by atoms with Crippen LogP contribution in [-0.4, -0.2) is 20.6 Å². The minimum atomic E-state index is -3.84. The normalized spacial score (nSPS) is 11.3. The fourth-order valence-corrected chi connectivity index (χ4v) is 2.45. The molecule has 0 aliphatic rings. The maximum absolute atomic E-state index is 11.2. The molecule has 2 aromatic rings. The van der Waals surface area contributed by atoms with E-state index in [0.717, 1.165) is 11.6 Å². The second kappa shape index (κ2) is 5.11. The summed E-state index contributed by atoms with van der Waals surface area (Å²) in [4.78, 5) is -0.135. The van der Waals surface area contributed by atoms with Crippen molar-refractivity contribution in [3.8, 4) is 22.6 Å². The van der Waals surface area contributed by atoms with E-state index in [1.807, 2.05) is 0 Å². The van der Waals surface area contributed by atoms with Crippen molar-refractivity contribution in [1.29, 1.82) is 0 Å². The Morgan fingerprint density at radius 1 is 1.11 bits per heavy atom. The number of phenols is 1. The Labute approximate surface area is 115 Å². The topological polar surface area (TPSA) is 63.6 Å². The van der Waals surface area contributed by atoms with Gasteiger partial charge in [0.15, 0.2) is 0 Å². The highest BCUT2D eigenvalue weighted by molar-refractivity contribution is 8.13. The van der Waals surface area contributed by atoms with Gasteiger partial charge in [0.05, 0.1) is 12.0 Å². The number of halogens is 1. The molecule has 1 N–H and O–H groups in total. The number of benzene rings is 2. The third-order valence-electron chi connectivity index (χ3n) is 2.65. The Morgan fingerprint density at radius 2 is 1.74 bits per heavy atom. The van der Waals surface area contributed by atoms with Crippen molar-refractivity contribution in [2.24, 2.45) is 0 Å². The highest BCUT2D eigenvalue weighted by Crippen LogP contribution is 2.32. The molecular formula is C13H11ClO4S. The van der Waals surface area contributed by atoms with Crippen molar-refractivity contribution < 1.29 is 18.3 Å². The third-order valence-corrected chi connectivity index (χ3v) is 4.00. The van der Waals surface area contributed by atoms with Crippen LogP contribution >= 0.6 is 10.7 Å². The molecule has 0 aromatic heterocycles. The zero-order valence-electron chi connectivity index (χ0n) is 10.00. The first-order valence-corrected chi connectivity index (χ1v) is 7.65. The zero-order valence-corrected chi connectivity index (χ0v) is 11.6. The first kappa shape index (κ1) is 13.7. The molecule has 0 bridgehead atoms. The zero-order chi connectivity index (χ0) is 14.0. The van der Waals surface area contributed by atoms with Crippen LogP contribution in [0.5, 0.6) is 11.5 Å². The fourth-order valence-electron chi connectivity index (χ4n) is 1.68. The molecule has 0 unspecified atom stereocenters. The van der Waals surface area contributed by atoms with Crippen LogP contribution in [0.4, 0.5) is 0 Å². The van der Waals surface area contributed by atoms with Crippen molar-refractivity contribution in [3.63, 3.8) is 0 Å². The quantitative estimate of drug-likeness (QED) is 0.885. The van der Waals surface area contributed by atoms with Gasteiger partial charge in [0.2, 0.25) is 0 Å². The third kappa shape index (κ3) is 3.00. The molecule has 0 aliphatic carbocycles. The van der Waals surface area contributed by atoms with E-state index in [-0.39, 0.29) is 10.6 Å². The summed E-state index contributed by atoms with van der Waals surface area (Å²) in [5.74, 6) is 0.551. The molecule has 0 heterocycles. The highest BCUT2D eigenvalue weighted by atomic mass is 35.7. The molecule has 2 rings (SSSR count). The van der Waals surface area contributed by atoms with E-state index < -0.39 is 9.05 Å². The number of methoxy groups -OCH3 is 1. The largest absolute Gasteiger partial charge is 0.507 e. The minimum Gasteiger partial charge on any atom is -0.507 e. The number of hydrogen-bond acceptors (Lipinski definition) is 4. The molecule has 0 amide bonds. The molecule has 100 valence electrons. The van der Waals surface area contributed by atoms with Crippen LogP contribution in [0.3, 0.4) is 0 Å². The first-order valence-electron chi connectivity index (χ1n) is 5.34. The standard InChI is InChI=1S/C13H11ClO4S/c1-18-10-4-2-9(3-5-10)12-7-6-11(8-13(12)15)19(14,16)17/h2-8,15H,1H3. The molecule has 0 fully saturated rings. The van der Waals surface area contributed by atoms with Gasteiger partial charge in [-0.15, -0.1) is 0 Å². The van der Waals surface area contributed by atoms with Gasteiger partial charge in [-0.25, -0.2) is 8.42 Å². The molecule has 6 heteroatoms. The molecule has 19 heavy (non-hydrogen) atoms. The molecule has 2 aromatic carbocycles. The van der Waals surface area contributed by atoms with Crippen molar-refractivity contribution >= 4 is 19.7 Å². The Balaban J connectivity index is 2.46. The highest BCUT2D eigenvalue weighted by Gasteiger charge is 2.13. The molecule has 0 atom stereocenters. The van der Waals surface area contributed by atoms with Crippen molar-refractivity contribution in [3.05, 3.63) is 42.5 Å².